The molecule has 2 aromatic carbocycles. The average molecular weight is 444 g/mol. The second-order valence-corrected chi connectivity index (χ2v) is 8.72. The van der Waals surface area contributed by atoms with Gasteiger partial charge in [0.2, 0.25) is 0 Å². The molecule has 0 amide bonds. The minimum Gasteiger partial charge on any atom is -0.493 e. The molecule has 0 radical (unpaired) electrons. The Labute approximate surface area is 173 Å². The smallest absolute Gasteiger partial charge is 0.387 e. The molecule has 30 heavy (non-hydrogen) atoms. The molecule has 0 aliphatic heterocycles. The van der Waals surface area contributed by atoms with E-state index in [4.69, 9.17) is 4.74 Å². The minimum atomic E-state index is -3.32. The molecule has 1 unspecified atom stereocenters. The first-order valence-electron chi connectivity index (χ1n) is 8.74. The predicted molar refractivity (Wildman–Crippen MR) is 106 cm³/mol. The fourth-order valence-corrected chi connectivity index (χ4v) is 3.52. The van der Waals surface area contributed by atoms with E-state index in [1.165, 1.54) is 25.3 Å². The van der Waals surface area contributed by atoms with Crippen molar-refractivity contribution < 1.29 is 31.6 Å². The number of ether oxygens (including phenoxy) is 2. The van der Waals surface area contributed by atoms with E-state index in [0.717, 1.165) is 17.9 Å². The van der Waals surface area contributed by atoms with E-state index in [9.17, 15) is 27.3 Å². The van der Waals surface area contributed by atoms with Gasteiger partial charge < -0.3 is 9.47 Å². The summed E-state index contributed by atoms with van der Waals surface area (Å²) >= 11 is 0. The topological polar surface area (TPSA) is 99.0 Å². The number of rotatable bonds is 9. The number of sulfone groups is 1. The highest BCUT2D eigenvalue weighted by molar-refractivity contribution is 7.90. The van der Waals surface area contributed by atoms with Gasteiger partial charge in [0.05, 0.1) is 23.0 Å². The van der Waals surface area contributed by atoms with Crippen LogP contribution in [0.4, 0.5) is 14.5 Å². The third-order valence-corrected chi connectivity index (χ3v) is 5.78. The number of nitro groups is 1. The maximum absolute atomic E-state index is 12.6. The summed E-state index contributed by atoms with van der Waals surface area (Å²) in [7, 11) is -0.337. The standard InChI is InChI=1S/C19H22F2N2O6S/c1-12(13-5-7-15(8-6-13)30(4,26)27)22(2)11-14-9-17(28-3)18(29-19(20)21)10-16(14)23(24)25/h5-10,12,19H,11H2,1-4H3. The number of alkyl halides is 2. The Morgan fingerprint density at radius 1 is 1.17 bits per heavy atom. The van der Waals surface area contributed by atoms with Crippen LogP contribution in [-0.2, 0) is 16.4 Å². The van der Waals surface area contributed by atoms with Gasteiger partial charge in [-0.15, -0.1) is 0 Å². The number of methoxy groups -OCH3 is 1. The van der Waals surface area contributed by atoms with Crippen LogP contribution in [0.2, 0.25) is 0 Å². The maximum Gasteiger partial charge on any atom is 0.387 e. The van der Waals surface area contributed by atoms with E-state index in [-0.39, 0.29) is 34.5 Å². The lowest BCUT2D eigenvalue weighted by molar-refractivity contribution is -0.385. The lowest BCUT2D eigenvalue weighted by Crippen LogP contribution is -2.22. The zero-order valence-corrected chi connectivity index (χ0v) is 17.7. The van der Waals surface area contributed by atoms with Gasteiger partial charge >= 0.3 is 6.61 Å². The number of hydrogen-bond acceptors (Lipinski definition) is 7. The lowest BCUT2D eigenvalue weighted by atomic mass is 10.1. The van der Waals surface area contributed by atoms with E-state index in [1.54, 1.807) is 24.1 Å². The zero-order chi connectivity index (χ0) is 22.6. The molecule has 164 valence electrons. The first kappa shape index (κ1) is 23.5. The van der Waals surface area contributed by atoms with Gasteiger partial charge in [0.25, 0.3) is 5.69 Å². The molecule has 0 aliphatic carbocycles. The van der Waals surface area contributed by atoms with Crippen molar-refractivity contribution >= 4 is 15.5 Å². The van der Waals surface area contributed by atoms with E-state index in [1.807, 2.05) is 6.92 Å². The molecular weight excluding hydrogens is 422 g/mol. The molecule has 0 heterocycles. The Balaban J connectivity index is 2.32. The van der Waals surface area contributed by atoms with Crippen molar-refractivity contribution in [3.63, 3.8) is 0 Å². The SMILES string of the molecule is COc1cc(CN(C)C(C)c2ccc(S(C)(=O)=O)cc2)c([N+](=O)[O-])cc1OC(F)F. The van der Waals surface area contributed by atoms with Gasteiger partial charge in [-0.1, -0.05) is 12.1 Å². The molecule has 2 rings (SSSR count). The Morgan fingerprint density at radius 3 is 2.23 bits per heavy atom. The van der Waals surface area contributed by atoms with Crippen LogP contribution >= 0.6 is 0 Å². The van der Waals surface area contributed by atoms with Crippen LogP contribution in [0.3, 0.4) is 0 Å². The lowest BCUT2D eigenvalue weighted by Gasteiger charge is -2.25. The van der Waals surface area contributed by atoms with Gasteiger partial charge in [-0.25, -0.2) is 8.42 Å². The Hall–Kier alpha value is -2.79. The summed E-state index contributed by atoms with van der Waals surface area (Å²) in [4.78, 5) is 12.8. The second kappa shape index (κ2) is 9.35. The Morgan fingerprint density at radius 2 is 1.77 bits per heavy atom. The zero-order valence-electron chi connectivity index (χ0n) is 16.8. The molecule has 0 spiro atoms. The Kier molecular flexibility index (Phi) is 7.32. The quantitative estimate of drug-likeness (QED) is 0.428. The fourth-order valence-electron chi connectivity index (χ4n) is 2.89. The molecule has 11 heteroatoms. The van der Waals surface area contributed by atoms with E-state index in [0.29, 0.717) is 0 Å². The van der Waals surface area contributed by atoms with Crippen LogP contribution in [0.15, 0.2) is 41.3 Å². The molecule has 1 atom stereocenters. The van der Waals surface area contributed by atoms with Crippen LogP contribution in [0, 0.1) is 10.1 Å². The van der Waals surface area contributed by atoms with Gasteiger partial charge in [-0.05, 0) is 37.7 Å². The molecule has 0 saturated carbocycles. The largest absolute Gasteiger partial charge is 0.493 e. The Bertz CT molecular complexity index is 1010. The van der Waals surface area contributed by atoms with Crippen molar-refractivity contribution in [3.05, 3.63) is 57.6 Å². The molecule has 0 saturated heterocycles. The highest BCUT2D eigenvalue weighted by Gasteiger charge is 2.24. The fraction of sp³-hybridized carbons (Fsp3) is 0.368. The van der Waals surface area contributed by atoms with Crippen LogP contribution in [0.25, 0.3) is 0 Å². The monoisotopic (exact) mass is 444 g/mol. The summed E-state index contributed by atoms with van der Waals surface area (Å²) < 4.78 is 57.7. The molecular formula is C19H22F2N2O6S. The highest BCUT2D eigenvalue weighted by Crippen LogP contribution is 2.37. The first-order valence-corrected chi connectivity index (χ1v) is 10.6. The summed E-state index contributed by atoms with van der Waals surface area (Å²) in [6.45, 7) is -1.19. The molecule has 0 aliphatic rings. The van der Waals surface area contributed by atoms with E-state index >= 15 is 0 Å². The second-order valence-electron chi connectivity index (χ2n) is 6.70. The van der Waals surface area contributed by atoms with Crippen molar-refractivity contribution in [2.45, 2.75) is 31.0 Å². The van der Waals surface area contributed by atoms with Gasteiger partial charge in [0, 0.05) is 24.4 Å². The summed E-state index contributed by atoms with van der Waals surface area (Å²) in [5.74, 6) is -0.468. The van der Waals surface area contributed by atoms with Gasteiger partial charge in [-0.2, -0.15) is 8.78 Å². The van der Waals surface area contributed by atoms with Crippen molar-refractivity contribution in [2.24, 2.45) is 0 Å². The summed E-state index contributed by atoms with van der Waals surface area (Å²) in [6, 6.07) is 8.33. The molecule has 0 aromatic heterocycles. The van der Waals surface area contributed by atoms with Gasteiger partial charge in [0.1, 0.15) is 0 Å². The summed E-state index contributed by atoms with van der Waals surface area (Å²) in [5, 5.41) is 11.5. The number of nitro benzene ring substituents is 1. The molecule has 0 fully saturated rings. The third-order valence-electron chi connectivity index (χ3n) is 4.65. The maximum atomic E-state index is 12.6. The van der Waals surface area contributed by atoms with E-state index < -0.39 is 27.1 Å². The average Bonchev–Trinajstić information content (AvgIpc) is 2.66. The first-order chi connectivity index (χ1) is 13.9. The third kappa shape index (κ3) is 5.63. The van der Waals surface area contributed by atoms with Gasteiger partial charge in [0.15, 0.2) is 21.3 Å². The number of nitrogens with zero attached hydrogens (tertiary/aromatic N) is 2. The number of benzene rings is 2. The number of hydrogen-bond donors (Lipinski definition) is 0. The van der Waals surface area contributed by atoms with Crippen molar-refractivity contribution in [1.29, 1.82) is 0 Å². The molecule has 8 nitrogen and oxygen atoms in total. The molecule has 2 aromatic rings. The normalized spacial score (nSPS) is 12.8. The van der Waals surface area contributed by atoms with Gasteiger partial charge in [-0.3, -0.25) is 15.0 Å². The predicted octanol–water partition coefficient (Wildman–Crippen LogP) is 3.80. The summed E-state index contributed by atoms with van der Waals surface area (Å²) in [5.41, 5.74) is 0.677. The minimum absolute atomic E-state index is 0.0468. The van der Waals surface area contributed by atoms with Crippen molar-refractivity contribution in [3.8, 4) is 11.5 Å². The van der Waals surface area contributed by atoms with Crippen LogP contribution in [0.1, 0.15) is 24.1 Å². The van der Waals surface area contributed by atoms with Crippen LogP contribution in [0.5, 0.6) is 11.5 Å². The highest BCUT2D eigenvalue weighted by atomic mass is 32.2. The van der Waals surface area contributed by atoms with Crippen molar-refractivity contribution in [1.82, 2.24) is 4.90 Å². The van der Waals surface area contributed by atoms with Crippen LogP contribution in [-0.4, -0.2) is 45.3 Å². The molecule has 0 N–H and O–H groups in total. The van der Waals surface area contributed by atoms with Crippen LogP contribution < -0.4 is 9.47 Å². The molecule has 0 bridgehead atoms. The number of halogens is 2. The van der Waals surface area contributed by atoms with Crippen molar-refractivity contribution in [2.75, 3.05) is 20.4 Å². The summed E-state index contributed by atoms with van der Waals surface area (Å²) in [6.07, 6.45) is 1.12. The van der Waals surface area contributed by atoms with E-state index in [2.05, 4.69) is 4.74 Å².